The van der Waals surface area contributed by atoms with Gasteiger partial charge in [0, 0.05) is 19.6 Å². The van der Waals surface area contributed by atoms with E-state index in [1.54, 1.807) is 0 Å². The minimum atomic E-state index is -1.79. The van der Waals surface area contributed by atoms with Crippen molar-refractivity contribution in [2.24, 2.45) is 11.8 Å². The van der Waals surface area contributed by atoms with Gasteiger partial charge in [-0.1, -0.05) is 55.9 Å². The van der Waals surface area contributed by atoms with Gasteiger partial charge in [-0.3, -0.25) is 0 Å². The van der Waals surface area contributed by atoms with Gasteiger partial charge in [0.2, 0.25) is 0 Å². The first kappa shape index (κ1) is 33.6. The second kappa shape index (κ2) is 17.3. The first-order valence-electron chi connectivity index (χ1n) is 17.1. The Kier molecular flexibility index (Phi) is 13.9. The molecule has 1 saturated carbocycles. The van der Waals surface area contributed by atoms with Gasteiger partial charge in [0.15, 0.2) is 12.6 Å². The summed E-state index contributed by atoms with van der Waals surface area (Å²) in [5, 5.41) is 10.4. The van der Waals surface area contributed by atoms with Crippen molar-refractivity contribution in [1.82, 2.24) is 0 Å². The number of allylic oxidation sites excluding steroid dienone is 3. The summed E-state index contributed by atoms with van der Waals surface area (Å²) in [5.74, 6) is -1.67. The molecule has 3 aliphatic heterocycles. The van der Waals surface area contributed by atoms with E-state index in [4.69, 9.17) is 23.7 Å². The van der Waals surface area contributed by atoms with Gasteiger partial charge in [-0.05, 0) is 109 Å². The summed E-state index contributed by atoms with van der Waals surface area (Å²) >= 11 is 0. The van der Waals surface area contributed by atoms with Crippen molar-refractivity contribution in [3.63, 3.8) is 0 Å². The second-order valence-corrected chi connectivity index (χ2v) is 13.4. The van der Waals surface area contributed by atoms with E-state index in [-0.39, 0.29) is 18.6 Å². The minimum absolute atomic E-state index is 0.0378. The Morgan fingerprint density at radius 1 is 0.905 bits per heavy atom. The highest BCUT2D eigenvalue weighted by Gasteiger charge is 2.50. The van der Waals surface area contributed by atoms with Crippen LogP contribution < -0.4 is 0 Å². The Balaban J connectivity index is 1.21. The number of carbonyl (C=O) groups is 1. The summed E-state index contributed by atoms with van der Waals surface area (Å²) in [6, 6.07) is 0. The molecule has 1 N–H and O–H groups in total. The van der Waals surface area contributed by atoms with Crippen LogP contribution in [0.2, 0.25) is 0 Å². The van der Waals surface area contributed by atoms with Crippen molar-refractivity contribution in [3.8, 4) is 0 Å². The van der Waals surface area contributed by atoms with Crippen LogP contribution in [-0.4, -0.2) is 54.9 Å². The third kappa shape index (κ3) is 10.7. The van der Waals surface area contributed by atoms with Gasteiger partial charge in [-0.2, -0.15) is 0 Å². The molecule has 0 amide bonds. The summed E-state index contributed by atoms with van der Waals surface area (Å²) in [6.45, 7) is 9.94. The monoisotopic (exact) mass is 590 g/mol. The Hall–Kier alpha value is -1.25. The van der Waals surface area contributed by atoms with E-state index < -0.39 is 24.3 Å². The number of rotatable bonds is 19. The fourth-order valence-electron chi connectivity index (χ4n) is 7.05. The summed E-state index contributed by atoms with van der Waals surface area (Å²) in [4.78, 5) is 12.7. The van der Waals surface area contributed by atoms with E-state index in [0.29, 0.717) is 44.3 Å². The molecule has 0 aromatic rings. The van der Waals surface area contributed by atoms with Gasteiger partial charge in [0.05, 0.1) is 12.2 Å². The van der Waals surface area contributed by atoms with Crippen LogP contribution in [0.4, 0.5) is 0 Å². The quantitative estimate of drug-likeness (QED) is 0.0699. The number of hydrogen-bond donors (Lipinski definition) is 1. The molecule has 240 valence electrons. The van der Waals surface area contributed by atoms with Gasteiger partial charge in [-0.25, -0.2) is 4.79 Å². The van der Waals surface area contributed by atoms with Crippen LogP contribution in [0.3, 0.4) is 0 Å². The number of aliphatic carboxylic acids is 1. The summed E-state index contributed by atoms with van der Waals surface area (Å²) in [6.07, 6.45) is 21.3. The number of hydrogen-bond acceptors (Lipinski definition) is 6. The van der Waals surface area contributed by atoms with Crippen LogP contribution in [-0.2, 0) is 28.5 Å². The number of unbranched alkanes of at least 4 members (excludes halogenated alkanes) is 6. The third-order valence-corrected chi connectivity index (χ3v) is 9.69. The van der Waals surface area contributed by atoms with Gasteiger partial charge >= 0.3 is 5.97 Å². The zero-order chi connectivity index (χ0) is 29.8. The van der Waals surface area contributed by atoms with Crippen LogP contribution in [0.5, 0.6) is 0 Å². The molecule has 3 saturated heterocycles. The number of carboxylic acid groups (broad SMARTS) is 1. The molecule has 3 heterocycles. The Bertz CT molecular complexity index is 833. The third-order valence-electron chi connectivity index (χ3n) is 9.69. The molecular formula is C35H58O7. The SMILES string of the molecule is C=C1CC[C@H](CCCCCCCCC=C(C)C)[C@H]1C[C@H]1OC1CCC(OC1CCCCO1)(OC1CCCCO1)C(=O)O. The number of ether oxygens (including phenoxy) is 5. The van der Waals surface area contributed by atoms with E-state index in [1.165, 1.54) is 68.9 Å². The number of epoxide rings is 1. The van der Waals surface area contributed by atoms with Crippen LogP contribution in [0, 0.1) is 11.8 Å². The van der Waals surface area contributed by atoms with Gasteiger partial charge in [-0.15, -0.1) is 0 Å². The zero-order valence-electron chi connectivity index (χ0n) is 26.5. The molecule has 6 atom stereocenters. The lowest BCUT2D eigenvalue weighted by Crippen LogP contribution is -2.51. The lowest BCUT2D eigenvalue weighted by atomic mass is 9.85. The normalized spacial score (nSPS) is 31.0. The lowest BCUT2D eigenvalue weighted by molar-refractivity contribution is -0.352. The van der Waals surface area contributed by atoms with Crippen LogP contribution in [0.15, 0.2) is 23.8 Å². The predicted octanol–water partition coefficient (Wildman–Crippen LogP) is 8.46. The van der Waals surface area contributed by atoms with E-state index in [2.05, 4.69) is 26.5 Å². The van der Waals surface area contributed by atoms with Crippen LogP contribution in [0.25, 0.3) is 0 Å². The topological polar surface area (TPSA) is 86.8 Å². The van der Waals surface area contributed by atoms with Gasteiger partial charge in [0.25, 0.3) is 5.79 Å². The van der Waals surface area contributed by atoms with Gasteiger partial charge in [0.1, 0.15) is 0 Å². The molecule has 7 heteroatoms. The fraction of sp³-hybridized carbons (Fsp3) is 0.857. The van der Waals surface area contributed by atoms with Crippen molar-refractivity contribution in [1.29, 1.82) is 0 Å². The first-order chi connectivity index (χ1) is 20.4. The van der Waals surface area contributed by atoms with Crippen molar-refractivity contribution >= 4 is 5.97 Å². The molecule has 0 aromatic carbocycles. The molecule has 3 unspecified atom stereocenters. The highest BCUT2D eigenvalue weighted by Crippen LogP contribution is 2.46. The van der Waals surface area contributed by atoms with E-state index >= 15 is 0 Å². The minimum Gasteiger partial charge on any atom is -0.477 e. The highest BCUT2D eigenvalue weighted by molar-refractivity contribution is 5.75. The van der Waals surface area contributed by atoms with E-state index in [9.17, 15) is 9.90 Å². The summed E-state index contributed by atoms with van der Waals surface area (Å²) in [7, 11) is 0. The highest BCUT2D eigenvalue weighted by atomic mass is 16.8. The van der Waals surface area contributed by atoms with Crippen molar-refractivity contribution in [3.05, 3.63) is 23.8 Å². The maximum atomic E-state index is 12.7. The van der Waals surface area contributed by atoms with Crippen LogP contribution in [0.1, 0.15) is 136 Å². The first-order valence-corrected chi connectivity index (χ1v) is 17.1. The standard InChI is InChI=1S/C35H58O7/c1-26(2)15-9-7-5-4-6-8-10-16-28-20-19-27(3)29(28)25-31-30(40-31)21-22-35(34(36)37,41-32-17-11-13-23-38-32)42-33-18-12-14-24-39-33/h15,28-33H,3-14,16-25H2,1-2H3,(H,36,37)/t28-,29-,30?,31+,32?,33?,35?/m0/s1. The molecule has 7 nitrogen and oxygen atoms in total. The molecule has 42 heavy (non-hydrogen) atoms. The second-order valence-electron chi connectivity index (χ2n) is 13.4. The molecule has 1 aliphatic carbocycles. The van der Waals surface area contributed by atoms with Crippen LogP contribution >= 0.6 is 0 Å². The molecule has 0 bridgehead atoms. The van der Waals surface area contributed by atoms with E-state index in [0.717, 1.165) is 38.5 Å². The largest absolute Gasteiger partial charge is 0.477 e. The Morgan fingerprint density at radius 3 is 2.14 bits per heavy atom. The Labute approximate surface area is 254 Å². The lowest BCUT2D eigenvalue weighted by Gasteiger charge is -2.37. The molecule has 4 rings (SSSR count). The predicted molar refractivity (Wildman–Crippen MR) is 164 cm³/mol. The summed E-state index contributed by atoms with van der Waals surface area (Å²) in [5.41, 5.74) is 2.81. The van der Waals surface area contributed by atoms with Gasteiger partial charge < -0.3 is 28.8 Å². The average Bonchev–Trinajstić information content (AvgIpc) is 3.64. The molecule has 0 aromatic heterocycles. The Morgan fingerprint density at radius 2 is 1.55 bits per heavy atom. The molecule has 0 spiro atoms. The number of carboxylic acids is 1. The van der Waals surface area contributed by atoms with E-state index in [1.807, 2.05) is 0 Å². The summed E-state index contributed by atoms with van der Waals surface area (Å²) < 4.78 is 29.9. The molecule has 0 radical (unpaired) electrons. The smallest absolute Gasteiger partial charge is 0.364 e. The average molecular weight is 591 g/mol. The maximum absolute atomic E-state index is 12.7. The zero-order valence-corrected chi connectivity index (χ0v) is 26.5. The van der Waals surface area contributed by atoms with Crippen molar-refractivity contribution < 1.29 is 33.6 Å². The molecular weight excluding hydrogens is 532 g/mol. The fourth-order valence-corrected chi connectivity index (χ4v) is 7.05. The molecule has 4 fully saturated rings. The molecule has 4 aliphatic rings. The van der Waals surface area contributed by atoms with Crippen molar-refractivity contribution in [2.75, 3.05) is 13.2 Å². The van der Waals surface area contributed by atoms with Crippen molar-refractivity contribution in [2.45, 2.75) is 166 Å². The maximum Gasteiger partial charge on any atom is 0.364 e.